The fourth-order valence-corrected chi connectivity index (χ4v) is 5.11. The third-order valence-electron chi connectivity index (χ3n) is 7.72. The molecule has 0 saturated carbocycles. The molecule has 5 aromatic carbocycles. The van der Waals surface area contributed by atoms with Gasteiger partial charge in [0, 0.05) is 0 Å². The molecule has 0 atom stereocenters. The molecule has 0 radical (unpaired) electrons. The molecule has 1 nitrogen and oxygen atoms in total. The quantitative estimate of drug-likeness (QED) is 0.205. The van der Waals surface area contributed by atoms with Gasteiger partial charge in [0.25, 0.3) is 0 Å². The van der Waals surface area contributed by atoms with E-state index in [1.54, 1.807) is 0 Å². The fourth-order valence-electron chi connectivity index (χ4n) is 5.11. The highest BCUT2D eigenvalue weighted by Crippen LogP contribution is 2.33. The standard InChI is InChI=1S/C26H24.C8H7F3O/c1-16-5-6-18-10-21-14-24-15-25-17(2)26(3,4)8-7-19(25)11-22(24)13-23(21)12-20(18)9-16;1-12-7-4-2-3-6(5-7)8(9,10)11/h5-7,9-15H,8H2,1-4H3;2-5H,1H3. The van der Waals surface area contributed by atoms with Crippen molar-refractivity contribution in [3.63, 3.8) is 0 Å². The highest BCUT2D eigenvalue weighted by atomic mass is 19.4. The Morgan fingerprint density at radius 3 is 1.97 bits per heavy atom. The van der Waals surface area contributed by atoms with E-state index in [4.69, 9.17) is 0 Å². The van der Waals surface area contributed by atoms with Crippen LogP contribution in [0.4, 0.5) is 13.2 Å². The number of methoxy groups -OCH3 is 1. The molecule has 4 heteroatoms. The topological polar surface area (TPSA) is 9.23 Å². The van der Waals surface area contributed by atoms with Crippen molar-refractivity contribution < 1.29 is 17.9 Å². The number of ether oxygens (including phenoxy) is 1. The van der Waals surface area contributed by atoms with Crippen LogP contribution in [0.3, 0.4) is 0 Å². The molecule has 0 N–H and O–H groups in total. The minimum Gasteiger partial charge on any atom is -0.497 e. The van der Waals surface area contributed by atoms with E-state index in [0.717, 1.165) is 18.6 Å². The van der Waals surface area contributed by atoms with Gasteiger partial charge in [0.1, 0.15) is 5.75 Å². The summed E-state index contributed by atoms with van der Waals surface area (Å²) in [5, 5.41) is 10.8. The Bertz CT molecular complexity index is 1810. The average molecular weight is 513 g/mol. The molecule has 1 aliphatic carbocycles. The van der Waals surface area contributed by atoms with E-state index in [0.29, 0.717) is 0 Å². The number of halogens is 3. The average Bonchev–Trinajstić information content (AvgIpc) is 2.88. The lowest BCUT2D eigenvalue weighted by atomic mass is 9.77. The van der Waals surface area contributed by atoms with Gasteiger partial charge in [-0.3, -0.25) is 0 Å². The number of hydrogen-bond acceptors (Lipinski definition) is 1. The summed E-state index contributed by atoms with van der Waals surface area (Å²) in [7, 11) is 1.33. The Hall–Kier alpha value is -3.79. The van der Waals surface area contributed by atoms with Gasteiger partial charge in [0.05, 0.1) is 12.7 Å². The zero-order valence-electron chi connectivity index (χ0n) is 22.3. The van der Waals surface area contributed by atoms with E-state index in [2.05, 4.69) is 93.1 Å². The zero-order valence-corrected chi connectivity index (χ0v) is 22.3. The molecule has 194 valence electrons. The predicted octanol–water partition coefficient (Wildman–Crippen LogP) is 8.55. The summed E-state index contributed by atoms with van der Waals surface area (Å²) >= 11 is 0. The second kappa shape index (κ2) is 9.50. The van der Waals surface area contributed by atoms with Crippen molar-refractivity contribution in [2.75, 3.05) is 7.11 Å². The Kier molecular flexibility index (Phi) is 6.46. The van der Waals surface area contributed by atoms with Crippen LogP contribution < -0.4 is 15.2 Å². The number of hydrogen-bond donors (Lipinski definition) is 0. The van der Waals surface area contributed by atoms with Gasteiger partial charge in [0.15, 0.2) is 0 Å². The number of benzene rings is 5. The van der Waals surface area contributed by atoms with Gasteiger partial charge >= 0.3 is 6.18 Å². The first-order valence-electron chi connectivity index (χ1n) is 12.8. The summed E-state index contributed by atoms with van der Waals surface area (Å²) in [6.45, 7) is 9.15. The minimum atomic E-state index is -4.30. The van der Waals surface area contributed by atoms with Crippen LogP contribution in [0.5, 0.6) is 5.75 Å². The van der Waals surface area contributed by atoms with Gasteiger partial charge in [-0.2, -0.15) is 13.2 Å². The van der Waals surface area contributed by atoms with Crippen molar-refractivity contribution in [2.24, 2.45) is 5.41 Å². The summed E-state index contributed by atoms with van der Waals surface area (Å²) in [6, 6.07) is 25.6. The van der Waals surface area contributed by atoms with Crippen molar-refractivity contribution in [1.82, 2.24) is 0 Å². The van der Waals surface area contributed by atoms with Crippen LogP contribution in [0.15, 0.2) is 78.9 Å². The summed E-state index contributed by atoms with van der Waals surface area (Å²) < 4.78 is 40.8. The molecule has 0 unspecified atom stereocenters. The maximum atomic E-state index is 12.0. The van der Waals surface area contributed by atoms with Gasteiger partial charge in [-0.05, 0) is 123 Å². The van der Waals surface area contributed by atoms with Crippen LogP contribution >= 0.6 is 0 Å². The second-order valence-electron chi connectivity index (χ2n) is 10.8. The van der Waals surface area contributed by atoms with E-state index in [-0.39, 0.29) is 11.2 Å². The fraction of sp³-hybridized carbons (Fsp3) is 0.235. The Labute approximate surface area is 220 Å². The first kappa shape index (κ1) is 25.8. The molecule has 38 heavy (non-hydrogen) atoms. The Morgan fingerprint density at radius 2 is 1.32 bits per heavy atom. The molecule has 0 fully saturated rings. The van der Waals surface area contributed by atoms with E-state index in [9.17, 15) is 13.2 Å². The summed E-state index contributed by atoms with van der Waals surface area (Å²) in [5.74, 6) is 0.213. The lowest BCUT2D eigenvalue weighted by molar-refractivity contribution is -0.137. The molecule has 6 rings (SSSR count). The highest BCUT2D eigenvalue weighted by Gasteiger charge is 2.30. The molecule has 0 aromatic heterocycles. The van der Waals surface area contributed by atoms with Gasteiger partial charge in [-0.25, -0.2) is 0 Å². The molecular weight excluding hydrogens is 481 g/mol. The predicted molar refractivity (Wildman–Crippen MR) is 153 cm³/mol. The molecule has 0 amide bonds. The SMILES string of the molecule is CC1=c2cc3cc4cc5ccc(C)cc5cc4cc3cc2=CCC1(C)C.COc1cccc(C(F)(F)F)c1. The third-order valence-corrected chi connectivity index (χ3v) is 7.72. The lowest BCUT2D eigenvalue weighted by Crippen LogP contribution is -2.35. The van der Waals surface area contributed by atoms with Gasteiger partial charge in [0.2, 0.25) is 0 Å². The number of rotatable bonds is 1. The largest absolute Gasteiger partial charge is 0.497 e. The smallest absolute Gasteiger partial charge is 0.416 e. The molecule has 1 aliphatic rings. The summed E-state index contributed by atoms with van der Waals surface area (Å²) in [6.07, 6.45) is -0.765. The summed E-state index contributed by atoms with van der Waals surface area (Å²) in [5.41, 5.74) is 2.38. The van der Waals surface area contributed by atoms with Gasteiger partial charge in [-0.15, -0.1) is 0 Å². The molecule has 0 bridgehead atoms. The number of aryl methyl sites for hydroxylation is 1. The van der Waals surface area contributed by atoms with E-state index >= 15 is 0 Å². The minimum absolute atomic E-state index is 0.213. The molecular formula is C34H31F3O. The third kappa shape index (κ3) is 5.00. The van der Waals surface area contributed by atoms with E-state index < -0.39 is 11.7 Å². The molecule has 0 saturated heterocycles. The van der Waals surface area contributed by atoms with Crippen molar-refractivity contribution in [3.05, 3.63) is 100 Å². The number of alkyl halides is 3. The lowest BCUT2D eigenvalue weighted by Gasteiger charge is -2.27. The van der Waals surface area contributed by atoms with Gasteiger partial charge < -0.3 is 4.74 Å². The van der Waals surface area contributed by atoms with Crippen molar-refractivity contribution in [1.29, 1.82) is 0 Å². The molecule has 0 heterocycles. The normalized spacial score (nSPS) is 14.6. The first-order valence-corrected chi connectivity index (χ1v) is 12.8. The summed E-state index contributed by atoms with van der Waals surface area (Å²) in [4.78, 5) is 0. The van der Waals surface area contributed by atoms with E-state index in [1.165, 1.54) is 73.1 Å². The zero-order chi connectivity index (χ0) is 27.2. The Morgan fingerprint density at radius 1 is 0.711 bits per heavy atom. The van der Waals surface area contributed by atoms with Crippen LogP contribution in [-0.4, -0.2) is 7.11 Å². The molecule has 0 aliphatic heterocycles. The number of fused-ring (bicyclic) bond motifs is 4. The van der Waals surface area contributed by atoms with Crippen molar-refractivity contribution in [2.45, 2.75) is 40.3 Å². The molecule has 5 aromatic rings. The van der Waals surface area contributed by atoms with Gasteiger partial charge in [-0.1, -0.05) is 55.3 Å². The van der Waals surface area contributed by atoms with Crippen molar-refractivity contribution in [3.8, 4) is 5.75 Å². The molecule has 0 spiro atoms. The maximum absolute atomic E-state index is 12.0. The van der Waals surface area contributed by atoms with Crippen molar-refractivity contribution >= 4 is 44.0 Å². The van der Waals surface area contributed by atoms with Crippen LogP contribution in [0, 0.1) is 12.3 Å². The van der Waals surface area contributed by atoms with E-state index in [1.807, 2.05) is 0 Å². The van der Waals surface area contributed by atoms with Crippen LogP contribution in [0.25, 0.3) is 44.0 Å². The second-order valence-corrected chi connectivity index (χ2v) is 10.8. The van der Waals surface area contributed by atoms with Crippen LogP contribution in [0.1, 0.15) is 38.3 Å². The van der Waals surface area contributed by atoms with Crippen LogP contribution in [-0.2, 0) is 6.18 Å². The maximum Gasteiger partial charge on any atom is 0.416 e. The highest BCUT2D eigenvalue weighted by molar-refractivity contribution is 6.04. The van der Waals surface area contributed by atoms with Crippen LogP contribution in [0.2, 0.25) is 0 Å². The monoisotopic (exact) mass is 512 g/mol. The first-order chi connectivity index (χ1) is 17.9. The Balaban J connectivity index is 0.000000207.